The van der Waals surface area contributed by atoms with Gasteiger partial charge in [0.05, 0.1) is 0 Å². The normalized spacial score (nSPS) is 9.11. The van der Waals surface area contributed by atoms with Crippen molar-refractivity contribution in [2.45, 2.75) is 20.3 Å². The van der Waals surface area contributed by atoms with E-state index in [1.165, 1.54) is 11.8 Å². The molecular formula is C7H11OS. The molecule has 0 aliphatic rings. The first-order chi connectivity index (χ1) is 4.18. The molecule has 0 rings (SSSR count). The Hall–Kier alpha value is -0.240. The molecule has 0 saturated heterocycles. The average molecular weight is 143 g/mol. The molecule has 51 valence electrons. The third-order valence-corrected chi connectivity index (χ3v) is 1.77. The van der Waals surface area contributed by atoms with Crippen molar-refractivity contribution in [3.05, 3.63) is 17.9 Å². The average Bonchev–Trinajstić information content (AvgIpc) is 1.82. The zero-order valence-electron chi connectivity index (χ0n) is 5.81. The summed E-state index contributed by atoms with van der Waals surface area (Å²) >= 11 is 1.22. The van der Waals surface area contributed by atoms with Crippen LogP contribution in [0.1, 0.15) is 20.3 Å². The summed E-state index contributed by atoms with van der Waals surface area (Å²) in [5, 5.41) is 0.0665. The van der Waals surface area contributed by atoms with E-state index in [-0.39, 0.29) is 5.12 Å². The van der Waals surface area contributed by atoms with Crippen molar-refractivity contribution in [2.24, 2.45) is 0 Å². The molecule has 0 unspecified atom stereocenters. The lowest BCUT2D eigenvalue weighted by atomic mass is 10.4. The van der Waals surface area contributed by atoms with E-state index in [0.29, 0.717) is 5.57 Å². The van der Waals surface area contributed by atoms with Crippen molar-refractivity contribution < 1.29 is 4.79 Å². The lowest BCUT2D eigenvalue weighted by Crippen LogP contribution is -1.89. The van der Waals surface area contributed by atoms with Gasteiger partial charge in [-0.05, 0) is 18.9 Å². The Morgan fingerprint density at radius 1 is 1.78 bits per heavy atom. The number of rotatable bonds is 3. The van der Waals surface area contributed by atoms with E-state index in [2.05, 4.69) is 6.58 Å². The smallest absolute Gasteiger partial charge is 0.214 e. The third-order valence-electron chi connectivity index (χ3n) is 0.705. The number of carbonyl (C=O) groups is 1. The summed E-state index contributed by atoms with van der Waals surface area (Å²) in [4.78, 5) is 10.7. The van der Waals surface area contributed by atoms with Gasteiger partial charge in [0.15, 0.2) is 0 Å². The number of carbonyl (C=O) groups excluding carboxylic acids is 1. The molecule has 0 N–H and O–H groups in total. The van der Waals surface area contributed by atoms with Crippen LogP contribution in [0, 0.1) is 5.75 Å². The molecule has 0 aromatic rings. The summed E-state index contributed by atoms with van der Waals surface area (Å²) in [6.45, 7) is 7.24. The van der Waals surface area contributed by atoms with Crippen LogP contribution in [0.2, 0.25) is 0 Å². The van der Waals surface area contributed by atoms with Gasteiger partial charge in [-0.3, -0.25) is 4.79 Å². The monoisotopic (exact) mass is 143 g/mol. The molecule has 0 spiro atoms. The first-order valence-corrected chi connectivity index (χ1v) is 3.74. The van der Waals surface area contributed by atoms with Crippen LogP contribution < -0.4 is 0 Å². The molecule has 0 aliphatic heterocycles. The van der Waals surface area contributed by atoms with Crippen LogP contribution in [-0.4, -0.2) is 5.12 Å². The highest BCUT2D eigenvalue weighted by atomic mass is 32.2. The second kappa shape index (κ2) is 4.62. The second-order valence-electron chi connectivity index (χ2n) is 1.76. The molecule has 0 aliphatic carbocycles. The summed E-state index contributed by atoms with van der Waals surface area (Å²) in [6, 6.07) is 0. The molecule has 0 atom stereocenters. The molecule has 0 saturated carbocycles. The van der Waals surface area contributed by atoms with Gasteiger partial charge in [-0.1, -0.05) is 25.3 Å². The SMILES string of the molecule is C=C(C)C(=O)S[CH]CC. The molecule has 0 bridgehead atoms. The molecule has 0 fully saturated rings. The highest BCUT2D eigenvalue weighted by Gasteiger charge is 1.99. The number of hydrogen-bond acceptors (Lipinski definition) is 2. The van der Waals surface area contributed by atoms with Gasteiger partial charge < -0.3 is 0 Å². The Morgan fingerprint density at radius 2 is 2.33 bits per heavy atom. The van der Waals surface area contributed by atoms with Gasteiger partial charge in [0.25, 0.3) is 0 Å². The fraction of sp³-hybridized carbons (Fsp3) is 0.429. The molecule has 9 heavy (non-hydrogen) atoms. The zero-order chi connectivity index (χ0) is 7.28. The summed E-state index contributed by atoms with van der Waals surface area (Å²) < 4.78 is 0. The lowest BCUT2D eigenvalue weighted by Gasteiger charge is -1.93. The van der Waals surface area contributed by atoms with Crippen LogP contribution in [0.15, 0.2) is 12.2 Å². The minimum Gasteiger partial charge on any atom is -0.282 e. The summed E-state index contributed by atoms with van der Waals surface area (Å²) in [7, 11) is 0. The fourth-order valence-corrected chi connectivity index (χ4v) is 0.779. The molecule has 0 aromatic carbocycles. The molecule has 1 radical (unpaired) electrons. The van der Waals surface area contributed by atoms with E-state index in [1.54, 1.807) is 6.92 Å². The molecular weight excluding hydrogens is 132 g/mol. The van der Waals surface area contributed by atoms with Gasteiger partial charge in [0.2, 0.25) is 5.12 Å². The van der Waals surface area contributed by atoms with Crippen molar-refractivity contribution in [3.8, 4) is 0 Å². The van der Waals surface area contributed by atoms with Crippen LogP contribution in [0.25, 0.3) is 0 Å². The Labute approximate surface area is 60.5 Å². The Kier molecular flexibility index (Phi) is 4.50. The van der Waals surface area contributed by atoms with Crippen LogP contribution >= 0.6 is 11.8 Å². The summed E-state index contributed by atoms with van der Waals surface area (Å²) in [5.41, 5.74) is 0.615. The second-order valence-corrected chi connectivity index (χ2v) is 2.70. The van der Waals surface area contributed by atoms with Gasteiger partial charge in [-0.2, -0.15) is 0 Å². The van der Waals surface area contributed by atoms with Crippen molar-refractivity contribution in [3.63, 3.8) is 0 Å². The zero-order valence-corrected chi connectivity index (χ0v) is 6.62. The highest BCUT2D eigenvalue weighted by Crippen LogP contribution is 2.13. The minimum atomic E-state index is 0.0665. The predicted molar refractivity (Wildman–Crippen MR) is 42.0 cm³/mol. The van der Waals surface area contributed by atoms with Crippen LogP contribution in [-0.2, 0) is 4.79 Å². The Morgan fingerprint density at radius 3 is 2.67 bits per heavy atom. The Bertz CT molecular complexity index is 118. The van der Waals surface area contributed by atoms with Crippen molar-refractivity contribution in [2.75, 3.05) is 0 Å². The van der Waals surface area contributed by atoms with Crippen LogP contribution in [0.5, 0.6) is 0 Å². The summed E-state index contributed by atoms with van der Waals surface area (Å²) in [6.07, 6.45) is 0.920. The maximum atomic E-state index is 10.7. The van der Waals surface area contributed by atoms with Crippen molar-refractivity contribution >= 4 is 16.9 Å². The van der Waals surface area contributed by atoms with E-state index in [1.807, 2.05) is 12.7 Å². The van der Waals surface area contributed by atoms with Gasteiger partial charge in [-0.25, -0.2) is 0 Å². The van der Waals surface area contributed by atoms with Crippen LogP contribution in [0.4, 0.5) is 0 Å². The first kappa shape index (κ1) is 8.76. The molecule has 0 amide bonds. The topological polar surface area (TPSA) is 17.1 Å². The molecule has 0 aromatic heterocycles. The van der Waals surface area contributed by atoms with E-state index in [0.717, 1.165) is 6.42 Å². The van der Waals surface area contributed by atoms with Gasteiger partial charge in [0, 0.05) is 5.75 Å². The number of hydrogen-bond donors (Lipinski definition) is 0. The maximum Gasteiger partial charge on any atom is 0.214 e. The third kappa shape index (κ3) is 4.28. The quantitative estimate of drug-likeness (QED) is 0.564. The minimum absolute atomic E-state index is 0.0665. The van der Waals surface area contributed by atoms with Crippen molar-refractivity contribution in [1.29, 1.82) is 0 Å². The maximum absolute atomic E-state index is 10.7. The summed E-state index contributed by atoms with van der Waals surface area (Å²) in [5.74, 6) is 1.87. The highest BCUT2D eigenvalue weighted by molar-refractivity contribution is 8.15. The van der Waals surface area contributed by atoms with E-state index in [4.69, 9.17) is 0 Å². The van der Waals surface area contributed by atoms with Gasteiger partial charge in [0.1, 0.15) is 0 Å². The largest absolute Gasteiger partial charge is 0.282 e. The van der Waals surface area contributed by atoms with Crippen molar-refractivity contribution in [1.82, 2.24) is 0 Å². The predicted octanol–water partition coefficient (Wildman–Crippen LogP) is 2.39. The van der Waals surface area contributed by atoms with E-state index in [9.17, 15) is 4.79 Å². The van der Waals surface area contributed by atoms with Gasteiger partial charge in [-0.15, -0.1) is 0 Å². The first-order valence-electron chi connectivity index (χ1n) is 2.86. The fourth-order valence-electron chi connectivity index (χ4n) is 0.260. The van der Waals surface area contributed by atoms with E-state index >= 15 is 0 Å². The number of thioether (sulfide) groups is 1. The lowest BCUT2D eigenvalue weighted by molar-refractivity contribution is -0.107. The molecule has 0 heterocycles. The molecule has 2 heteroatoms. The van der Waals surface area contributed by atoms with Gasteiger partial charge >= 0.3 is 0 Å². The molecule has 1 nitrogen and oxygen atoms in total. The standard InChI is InChI=1S/C7H11OS/c1-4-5-9-7(8)6(2)3/h5H,2,4H2,1,3H3. The Balaban J connectivity index is 3.39. The van der Waals surface area contributed by atoms with E-state index < -0.39 is 0 Å². The van der Waals surface area contributed by atoms with Crippen LogP contribution in [0.3, 0.4) is 0 Å².